The second-order valence-electron chi connectivity index (χ2n) is 6.20. The molecule has 23 heavy (non-hydrogen) atoms. The van der Waals surface area contributed by atoms with E-state index in [4.69, 9.17) is 9.47 Å². The van der Waals surface area contributed by atoms with Gasteiger partial charge in [-0.1, -0.05) is 19.1 Å². The third-order valence-electron chi connectivity index (χ3n) is 4.11. The van der Waals surface area contributed by atoms with Gasteiger partial charge in [0.05, 0.1) is 13.7 Å². The minimum absolute atomic E-state index is 0.0188. The van der Waals surface area contributed by atoms with Crippen LogP contribution in [0.3, 0.4) is 0 Å². The molecule has 0 amide bonds. The van der Waals surface area contributed by atoms with Crippen LogP contribution in [0, 0.1) is 5.92 Å². The van der Waals surface area contributed by atoms with Crippen molar-refractivity contribution in [2.45, 2.75) is 32.8 Å². The minimum Gasteiger partial charge on any atom is -0.493 e. The van der Waals surface area contributed by atoms with Crippen LogP contribution in [0.2, 0.25) is 0 Å². The van der Waals surface area contributed by atoms with Crippen LogP contribution in [0.15, 0.2) is 29.3 Å². The lowest BCUT2D eigenvalue weighted by atomic mass is 10.0. The van der Waals surface area contributed by atoms with Gasteiger partial charge in [-0.2, -0.15) is 0 Å². The van der Waals surface area contributed by atoms with Gasteiger partial charge in [0.2, 0.25) is 0 Å². The van der Waals surface area contributed by atoms with Crippen molar-refractivity contribution in [1.82, 2.24) is 10.2 Å². The van der Waals surface area contributed by atoms with Crippen molar-refractivity contribution >= 4 is 5.96 Å². The van der Waals surface area contributed by atoms with Crippen LogP contribution in [0.1, 0.15) is 26.7 Å². The number of hydrogen-bond donors (Lipinski definition) is 1. The number of likely N-dealkylation sites (tertiary alicyclic amines) is 1. The number of aliphatic imine (C=N–C) groups is 1. The van der Waals surface area contributed by atoms with Gasteiger partial charge < -0.3 is 19.7 Å². The minimum atomic E-state index is 0.0188. The summed E-state index contributed by atoms with van der Waals surface area (Å²) in [6, 6.07) is 7.72. The van der Waals surface area contributed by atoms with Gasteiger partial charge in [-0.3, -0.25) is 4.99 Å². The van der Waals surface area contributed by atoms with E-state index in [0.29, 0.717) is 6.54 Å². The number of rotatable bonds is 5. The highest BCUT2D eigenvalue weighted by atomic mass is 16.5. The zero-order valence-corrected chi connectivity index (χ0v) is 14.7. The second kappa shape index (κ2) is 8.65. The lowest BCUT2D eigenvalue weighted by molar-refractivity contribution is 0.209. The number of nitrogens with one attached hydrogen (secondary N) is 1. The van der Waals surface area contributed by atoms with E-state index >= 15 is 0 Å². The zero-order chi connectivity index (χ0) is 16.7. The molecule has 0 saturated carbocycles. The zero-order valence-electron chi connectivity index (χ0n) is 14.7. The number of benzene rings is 1. The number of methoxy groups -OCH3 is 1. The topological polar surface area (TPSA) is 46.1 Å². The van der Waals surface area contributed by atoms with E-state index < -0.39 is 0 Å². The number of nitrogens with zero attached hydrogens (tertiary/aromatic N) is 2. The van der Waals surface area contributed by atoms with Gasteiger partial charge in [-0.25, -0.2) is 0 Å². The van der Waals surface area contributed by atoms with E-state index in [-0.39, 0.29) is 6.10 Å². The van der Waals surface area contributed by atoms with Gasteiger partial charge in [-0.05, 0) is 37.8 Å². The average molecular weight is 319 g/mol. The first-order valence-corrected chi connectivity index (χ1v) is 8.39. The Morgan fingerprint density at radius 1 is 1.39 bits per heavy atom. The molecule has 0 aromatic heterocycles. The molecule has 0 spiro atoms. The fourth-order valence-corrected chi connectivity index (χ4v) is 2.92. The van der Waals surface area contributed by atoms with Gasteiger partial charge in [0, 0.05) is 20.1 Å². The Labute approximate surface area is 139 Å². The molecule has 2 unspecified atom stereocenters. The molecule has 5 nitrogen and oxygen atoms in total. The Balaban J connectivity index is 1.86. The molecule has 1 heterocycles. The van der Waals surface area contributed by atoms with Gasteiger partial charge >= 0.3 is 0 Å². The highest BCUT2D eigenvalue weighted by Gasteiger charge is 2.19. The van der Waals surface area contributed by atoms with Gasteiger partial charge in [0.15, 0.2) is 17.5 Å². The lowest BCUT2D eigenvalue weighted by Crippen LogP contribution is -2.48. The van der Waals surface area contributed by atoms with Crippen molar-refractivity contribution in [3.05, 3.63) is 24.3 Å². The molecule has 0 aliphatic carbocycles. The van der Waals surface area contributed by atoms with Crippen LogP contribution in [0.4, 0.5) is 0 Å². The molecular formula is C18H29N3O2. The van der Waals surface area contributed by atoms with Crippen LogP contribution in [-0.2, 0) is 0 Å². The molecule has 128 valence electrons. The summed E-state index contributed by atoms with van der Waals surface area (Å²) in [5, 5.41) is 3.43. The summed E-state index contributed by atoms with van der Waals surface area (Å²) in [5.41, 5.74) is 0. The molecule has 1 aromatic carbocycles. The first-order chi connectivity index (χ1) is 11.1. The molecule has 1 aliphatic rings. The Bertz CT molecular complexity index is 519. The fraction of sp³-hybridized carbons (Fsp3) is 0.611. The summed E-state index contributed by atoms with van der Waals surface area (Å²) in [6.45, 7) is 7.20. The highest BCUT2D eigenvalue weighted by molar-refractivity contribution is 5.80. The van der Waals surface area contributed by atoms with Crippen molar-refractivity contribution in [2.24, 2.45) is 10.9 Å². The summed E-state index contributed by atoms with van der Waals surface area (Å²) >= 11 is 0. The van der Waals surface area contributed by atoms with Crippen LogP contribution in [0.5, 0.6) is 11.5 Å². The molecule has 0 bridgehead atoms. The smallest absolute Gasteiger partial charge is 0.193 e. The molecule has 1 aromatic rings. The summed E-state index contributed by atoms with van der Waals surface area (Å²) in [7, 11) is 3.50. The van der Waals surface area contributed by atoms with Gasteiger partial charge in [-0.15, -0.1) is 0 Å². The Morgan fingerprint density at radius 3 is 2.78 bits per heavy atom. The Hall–Kier alpha value is -1.91. The molecule has 1 aliphatic heterocycles. The van der Waals surface area contributed by atoms with Crippen LogP contribution in [-0.4, -0.2) is 50.8 Å². The summed E-state index contributed by atoms with van der Waals surface area (Å²) in [5.74, 6) is 3.22. The Kier molecular flexibility index (Phi) is 6.56. The third kappa shape index (κ3) is 5.05. The molecule has 1 N–H and O–H groups in total. The van der Waals surface area contributed by atoms with E-state index in [9.17, 15) is 0 Å². The lowest BCUT2D eigenvalue weighted by Gasteiger charge is -2.34. The molecule has 2 rings (SSSR count). The van der Waals surface area contributed by atoms with Crippen molar-refractivity contribution < 1.29 is 9.47 Å². The quantitative estimate of drug-likeness (QED) is 0.669. The molecule has 0 radical (unpaired) electrons. The van der Waals surface area contributed by atoms with Crippen molar-refractivity contribution in [3.63, 3.8) is 0 Å². The van der Waals surface area contributed by atoms with E-state index in [1.165, 1.54) is 12.8 Å². The predicted octanol–water partition coefficient (Wildman–Crippen LogP) is 2.77. The molecular weight excluding hydrogens is 290 g/mol. The van der Waals surface area contributed by atoms with Crippen LogP contribution < -0.4 is 14.8 Å². The molecule has 5 heteroatoms. The maximum Gasteiger partial charge on any atom is 0.193 e. The maximum absolute atomic E-state index is 5.98. The van der Waals surface area contributed by atoms with Gasteiger partial charge in [0.1, 0.15) is 6.10 Å². The standard InChI is InChI=1S/C18H29N3O2/c1-14-8-7-11-21(13-14)18(19-3)20-12-15(2)23-17-10-6-5-9-16(17)22-4/h5-6,9-10,14-15H,7-8,11-13H2,1-4H3,(H,19,20). The van der Waals surface area contributed by atoms with E-state index in [2.05, 4.69) is 22.1 Å². The van der Waals surface area contributed by atoms with Gasteiger partial charge in [0.25, 0.3) is 0 Å². The largest absolute Gasteiger partial charge is 0.493 e. The van der Waals surface area contributed by atoms with Crippen molar-refractivity contribution in [2.75, 3.05) is 33.8 Å². The summed E-state index contributed by atoms with van der Waals surface area (Å²) < 4.78 is 11.3. The summed E-state index contributed by atoms with van der Waals surface area (Å²) in [4.78, 5) is 6.75. The molecule has 2 atom stereocenters. The van der Waals surface area contributed by atoms with Crippen LogP contribution in [0.25, 0.3) is 0 Å². The normalized spacial score (nSPS) is 20.1. The molecule has 1 fully saturated rings. The first kappa shape index (κ1) is 17.4. The van der Waals surface area contributed by atoms with Crippen molar-refractivity contribution in [3.8, 4) is 11.5 Å². The molecule has 1 saturated heterocycles. The van der Waals surface area contributed by atoms with Crippen molar-refractivity contribution in [1.29, 1.82) is 0 Å². The van der Waals surface area contributed by atoms with E-state index in [1.807, 2.05) is 38.2 Å². The summed E-state index contributed by atoms with van der Waals surface area (Å²) in [6.07, 6.45) is 2.56. The van der Waals surface area contributed by atoms with Crippen LogP contribution >= 0.6 is 0 Å². The number of guanidine groups is 1. The number of ether oxygens (including phenoxy) is 2. The first-order valence-electron chi connectivity index (χ1n) is 8.39. The number of piperidine rings is 1. The van der Waals surface area contributed by atoms with E-state index in [1.54, 1.807) is 7.11 Å². The third-order valence-corrected chi connectivity index (χ3v) is 4.11. The monoisotopic (exact) mass is 319 g/mol. The second-order valence-corrected chi connectivity index (χ2v) is 6.20. The SMILES string of the molecule is CN=C(NCC(C)Oc1ccccc1OC)N1CCCC(C)C1. The fourth-order valence-electron chi connectivity index (χ4n) is 2.92. The highest BCUT2D eigenvalue weighted by Crippen LogP contribution is 2.26. The number of hydrogen-bond acceptors (Lipinski definition) is 3. The maximum atomic E-state index is 5.98. The Morgan fingerprint density at radius 2 is 2.13 bits per heavy atom. The van der Waals surface area contributed by atoms with E-state index in [0.717, 1.165) is 36.5 Å². The predicted molar refractivity (Wildman–Crippen MR) is 94.4 cm³/mol. The average Bonchev–Trinajstić information content (AvgIpc) is 2.56. The number of para-hydroxylation sites is 2.